The van der Waals surface area contributed by atoms with Crippen LogP contribution >= 0.6 is 11.6 Å². The van der Waals surface area contributed by atoms with Crippen LogP contribution in [0.15, 0.2) is 18.2 Å². The summed E-state index contributed by atoms with van der Waals surface area (Å²) < 4.78 is 4.96. The van der Waals surface area contributed by atoms with Crippen molar-refractivity contribution < 1.29 is 4.74 Å². The van der Waals surface area contributed by atoms with E-state index in [-0.39, 0.29) is 0 Å². The van der Waals surface area contributed by atoms with Crippen LogP contribution in [0.25, 0.3) is 0 Å². The number of anilines is 1. The van der Waals surface area contributed by atoms with Gasteiger partial charge >= 0.3 is 0 Å². The molecule has 0 aliphatic carbocycles. The number of hydrogen-bond acceptors (Lipinski definition) is 2. The molecule has 2 nitrogen and oxygen atoms in total. The Labute approximate surface area is 90.2 Å². The van der Waals surface area contributed by atoms with Gasteiger partial charge in [-0.2, -0.15) is 0 Å². The minimum absolute atomic E-state index is 0.771. The van der Waals surface area contributed by atoms with Gasteiger partial charge in [0.2, 0.25) is 0 Å². The quantitative estimate of drug-likeness (QED) is 0.759. The standard InChI is InChI=1S/C11H16ClNO/c1-9-4-5-10(12)11(8-9)13-6-3-7-14-2/h4-5,8,13H,3,6-7H2,1-2H3. The normalized spacial score (nSPS) is 10.2. The number of methoxy groups -OCH3 is 1. The van der Waals surface area contributed by atoms with Gasteiger partial charge in [-0.25, -0.2) is 0 Å². The van der Waals surface area contributed by atoms with Gasteiger partial charge in [0.05, 0.1) is 10.7 Å². The summed E-state index contributed by atoms with van der Waals surface area (Å²) in [6.45, 7) is 3.71. The van der Waals surface area contributed by atoms with Crippen molar-refractivity contribution >= 4 is 17.3 Å². The van der Waals surface area contributed by atoms with E-state index in [0.29, 0.717) is 0 Å². The smallest absolute Gasteiger partial charge is 0.0637 e. The molecule has 1 aromatic rings. The van der Waals surface area contributed by atoms with E-state index in [1.165, 1.54) is 5.56 Å². The van der Waals surface area contributed by atoms with Gasteiger partial charge in [-0.3, -0.25) is 0 Å². The maximum atomic E-state index is 6.02. The Morgan fingerprint density at radius 1 is 1.43 bits per heavy atom. The van der Waals surface area contributed by atoms with Crippen LogP contribution in [0.3, 0.4) is 0 Å². The lowest BCUT2D eigenvalue weighted by atomic mass is 10.2. The monoisotopic (exact) mass is 213 g/mol. The van der Waals surface area contributed by atoms with E-state index in [9.17, 15) is 0 Å². The highest BCUT2D eigenvalue weighted by Crippen LogP contribution is 2.22. The summed E-state index contributed by atoms with van der Waals surface area (Å²) in [4.78, 5) is 0. The van der Waals surface area contributed by atoms with Gasteiger partial charge in [0, 0.05) is 20.3 Å². The molecule has 0 bridgehead atoms. The van der Waals surface area contributed by atoms with E-state index in [1.54, 1.807) is 7.11 Å². The summed E-state index contributed by atoms with van der Waals surface area (Å²) in [5, 5.41) is 4.05. The minimum Gasteiger partial charge on any atom is -0.385 e. The van der Waals surface area contributed by atoms with Crippen molar-refractivity contribution in [3.8, 4) is 0 Å². The Hall–Kier alpha value is -0.730. The third kappa shape index (κ3) is 3.56. The number of nitrogens with one attached hydrogen (secondary N) is 1. The lowest BCUT2D eigenvalue weighted by molar-refractivity contribution is 0.198. The molecule has 0 aromatic heterocycles. The highest BCUT2D eigenvalue weighted by Gasteiger charge is 1.98. The molecule has 0 aliphatic rings. The van der Waals surface area contributed by atoms with Crippen molar-refractivity contribution in [1.82, 2.24) is 0 Å². The van der Waals surface area contributed by atoms with E-state index in [2.05, 4.69) is 18.3 Å². The zero-order valence-electron chi connectivity index (χ0n) is 8.64. The fraction of sp³-hybridized carbons (Fsp3) is 0.455. The molecule has 0 heterocycles. The van der Waals surface area contributed by atoms with Crippen LogP contribution in [0, 0.1) is 6.92 Å². The summed E-state index contributed by atoms with van der Waals surface area (Å²) in [5.41, 5.74) is 2.21. The Balaban J connectivity index is 2.45. The number of halogens is 1. The van der Waals surface area contributed by atoms with Crippen molar-refractivity contribution in [3.05, 3.63) is 28.8 Å². The number of ether oxygens (including phenoxy) is 1. The fourth-order valence-electron chi connectivity index (χ4n) is 1.21. The average molecular weight is 214 g/mol. The summed E-state index contributed by atoms with van der Waals surface area (Å²) in [6.07, 6.45) is 0.987. The van der Waals surface area contributed by atoms with Crippen LogP contribution in [0.4, 0.5) is 5.69 Å². The molecule has 78 valence electrons. The largest absolute Gasteiger partial charge is 0.385 e. The van der Waals surface area contributed by atoms with E-state index in [1.807, 2.05) is 12.1 Å². The Kier molecular flexibility index (Phi) is 4.77. The number of hydrogen-bond donors (Lipinski definition) is 1. The highest BCUT2D eigenvalue weighted by molar-refractivity contribution is 6.33. The molecule has 0 spiro atoms. The van der Waals surface area contributed by atoms with Gasteiger partial charge in [-0.15, -0.1) is 0 Å². The molecule has 1 rings (SSSR count). The summed E-state index contributed by atoms with van der Waals surface area (Å²) in [6, 6.07) is 5.97. The maximum absolute atomic E-state index is 6.02. The first-order valence-corrected chi connectivity index (χ1v) is 5.11. The number of rotatable bonds is 5. The molecule has 1 N–H and O–H groups in total. The van der Waals surface area contributed by atoms with Crippen molar-refractivity contribution in [1.29, 1.82) is 0 Å². The maximum Gasteiger partial charge on any atom is 0.0637 e. The first-order valence-electron chi connectivity index (χ1n) is 4.73. The van der Waals surface area contributed by atoms with E-state index in [0.717, 1.165) is 30.3 Å². The predicted molar refractivity (Wildman–Crippen MR) is 61.2 cm³/mol. The lowest BCUT2D eigenvalue weighted by Gasteiger charge is -2.08. The second-order valence-corrected chi connectivity index (χ2v) is 3.66. The third-order valence-electron chi connectivity index (χ3n) is 1.96. The molecular formula is C11H16ClNO. The summed E-state index contributed by atoms with van der Waals surface area (Å²) in [7, 11) is 1.71. The first kappa shape index (κ1) is 11.3. The third-order valence-corrected chi connectivity index (χ3v) is 2.29. The minimum atomic E-state index is 0.771. The van der Waals surface area contributed by atoms with Crippen molar-refractivity contribution in [2.24, 2.45) is 0 Å². The molecule has 0 unspecified atom stereocenters. The van der Waals surface area contributed by atoms with Crippen LogP contribution in [0.5, 0.6) is 0 Å². The number of aryl methyl sites for hydroxylation is 1. The Morgan fingerprint density at radius 3 is 2.93 bits per heavy atom. The average Bonchev–Trinajstić information content (AvgIpc) is 2.18. The predicted octanol–water partition coefficient (Wildman–Crippen LogP) is 3.10. The summed E-state index contributed by atoms with van der Waals surface area (Å²) in [5.74, 6) is 0. The van der Waals surface area contributed by atoms with Gasteiger partial charge in [-0.1, -0.05) is 17.7 Å². The van der Waals surface area contributed by atoms with Gasteiger partial charge in [-0.05, 0) is 31.0 Å². The van der Waals surface area contributed by atoms with Crippen molar-refractivity contribution in [2.75, 3.05) is 25.6 Å². The van der Waals surface area contributed by atoms with E-state index >= 15 is 0 Å². The van der Waals surface area contributed by atoms with E-state index < -0.39 is 0 Å². The van der Waals surface area contributed by atoms with Crippen LogP contribution in [0.1, 0.15) is 12.0 Å². The van der Waals surface area contributed by atoms with Gasteiger partial charge in [0.1, 0.15) is 0 Å². The van der Waals surface area contributed by atoms with Gasteiger partial charge < -0.3 is 10.1 Å². The molecule has 0 fully saturated rings. The van der Waals surface area contributed by atoms with Crippen LogP contribution in [0.2, 0.25) is 5.02 Å². The molecular weight excluding hydrogens is 198 g/mol. The van der Waals surface area contributed by atoms with Crippen molar-refractivity contribution in [3.63, 3.8) is 0 Å². The molecule has 0 aliphatic heterocycles. The first-order chi connectivity index (χ1) is 6.74. The van der Waals surface area contributed by atoms with Crippen LogP contribution in [-0.4, -0.2) is 20.3 Å². The molecule has 3 heteroatoms. The topological polar surface area (TPSA) is 21.3 Å². The second-order valence-electron chi connectivity index (χ2n) is 3.26. The van der Waals surface area contributed by atoms with Gasteiger partial charge in [0.25, 0.3) is 0 Å². The fourth-order valence-corrected chi connectivity index (χ4v) is 1.40. The molecule has 0 saturated carbocycles. The van der Waals surface area contributed by atoms with Gasteiger partial charge in [0.15, 0.2) is 0 Å². The Morgan fingerprint density at radius 2 is 2.21 bits per heavy atom. The molecule has 0 atom stereocenters. The molecule has 0 saturated heterocycles. The molecule has 14 heavy (non-hydrogen) atoms. The highest BCUT2D eigenvalue weighted by atomic mass is 35.5. The molecule has 1 aromatic carbocycles. The number of benzene rings is 1. The van der Waals surface area contributed by atoms with Crippen molar-refractivity contribution in [2.45, 2.75) is 13.3 Å². The summed E-state index contributed by atoms with van der Waals surface area (Å²) >= 11 is 6.02. The van der Waals surface area contributed by atoms with Crippen LogP contribution < -0.4 is 5.32 Å². The zero-order chi connectivity index (χ0) is 10.4. The lowest BCUT2D eigenvalue weighted by Crippen LogP contribution is -2.05. The molecule has 0 radical (unpaired) electrons. The zero-order valence-corrected chi connectivity index (χ0v) is 9.40. The second kappa shape index (κ2) is 5.89. The Bertz CT molecular complexity index is 289. The SMILES string of the molecule is COCCCNc1cc(C)ccc1Cl. The van der Waals surface area contributed by atoms with Crippen LogP contribution in [-0.2, 0) is 4.74 Å². The van der Waals surface area contributed by atoms with E-state index in [4.69, 9.17) is 16.3 Å². The molecule has 0 amide bonds.